The second kappa shape index (κ2) is 9.41. The molecule has 1 aliphatic rings. The number of nitrogens with zero attached hydrogens (tertiary/aromatic N) is 1. The van der Waals surface area contributed by atoms with Crippen LogP contribution in [0.2, 0.25) is 10.0 Å². The summed E-state index contributed by atoms with van der Waals surface area (Å²) in [5.41, 5.74) is 0.439. The van der Waals surface area contributed by atoms with Crippen LogP contribution in [0.25, 0.3) is 0 Å². The molecule has 1 unspecified atom stereocenters. The topological polar surface area (TPSA) is 78.5 Å². The minimum atomic E-state index is -3.27. The van der Waals surface area contributed by atoms with Gasteiger partial charge in [0.05, 0.1) is 16.8 Å². The molecule has 1 aromatic rings. The maximum Gasteiger partial charge on any atom is 0.317 e. The fourth-order valence-corrected chi connectivity index (χ4v) is 4.95. The summed E-state index contributed by atoms with van der Waals surface area (Å²) in [5.74, 6) is -0.499. The van der Waals surface area contributed by atoms with Crippen molar-refractivity contribution >= 4 is 39.3 Å². The van der Waals surface area contributed by atoms with Gasteiger partial charge in [-0.1, -0.05) is 30.1 Å². The highest BCUT2D eigenvalue weighted by Crippen LogP contribution is 2.28. The molecule has 2 rings (SSSR count). The molecule has 1 heterocycles. The van der Waals surface area contributed by atoms with E-state index in [1.807, 2.05) is 6.92 Å². The van der Waals surface area contributed by atoms with Gasteiger partial charge in [-0.05, 0) is 43.9 Å². The number of likely N-dealkylation sites (tertiary alicyclic amines) is 1. The number of carbonyl (C=O) groups is 1. The van der Waals surface area contributed by atoms with E-state index in [1.165, 1.54) is 12.1 Å². The Hall–Kier alpha value is -1.09. The normalized spacial score (nSPS) is 17.0. The first-order valence-corrected chi connectivity index (χ1v) is 11.2. The number of hydrogen-bond donors (Lipinski definition) is 2. The molecule has 10 heteroatoms. The van der Waals surface area contributed by atoms with Crippen molar-refractivity contribution < 1.29 is 17.6 Å². The lowest BCUT2D eigenvalue weighted by molar-refractivity contribution is 0.177. The number of halogens is 3. The predicted octanol–water partition coefficient (Wildman–Crippen LogP) is 3.70. The van der Waals surface area contributed by atoms with Crippen LogP contribution in [0.15, 0.2) is 12.1 Å². The van der Waals surface area contributed by atoms with Gasteiger partial charge in [-0.3, -0.25) is 0 Å². The van der Waals surface area contributed by atoms with E-state index in [0.29, 0.717) is 37.9 Å². The maximum absolute atomic E-state index is 13.7. The number of carbonyl (C=O) groups excluding carboxylic acids is 1. The first-order chi connectivity index (χ1) is 12.6. The number of nitrogens with one attached hydrogen (secondary N) is 2. The molecule has 0 radical (unpaired) electrons. The second-order valence-electron chi connectivity index (χ2n) is 6.66. The molecule has 1 saturated heterocycles. The van der Waals surface area contributed by atoms with Crippen molar-refractivity contribution in [3.63, 3.8) is 0 Å². The van der Waals surface area contributed by atoms with E-state index in [2.05, 4.69) is 10.0 Å². The Labute approximate surface area is 169 Å². The van der Waals surface area contributed by atoms with Gasteiger partial charge in [-0.15, -0.1) is 0 Å². The van der Waals surface area contributed by atoms with Crippen molar-refractivity contribution in [2.45, 2.75) is 45.2 Å². The Morgan fingerprint density at radius 3 is 2.52 bits per heavy atom. The third kappa shape index (κ3) is 6.20. The van der Waals surface area contributed by atoms with Gasteiger partial charge in [0.25, 0.3) is 0 Å². The molecular formula is C17H24Cl2FN3O3S. The Kier molecular flexibility index (Phi) is 7.73. The quantitative estimate of drug-likeness (QED) is 0.663. The van der Waals surface area contributed by atoms with Crippen LogP contribution in [0.4, 0.5) is 9.18 Å². The van der Waals surface area contributed by atoms with Gasteiger partial charge >= 0.3 is 6.03 Å². The van der Waals surface area contributed by atoms with Crippen molar-refractivity contribution in [1.82, 2.24) is 14.9 Å². The van der Waals surface area contributed by atoms with Crippen LogP contribution in [0.3, 0.4) is 0 Å². The molecule has 2 N–H and O–H groups in total. The molecule has 27 heavy (non-hydrogen) atoms. The van der Waals surface area contributed by atoms with Crippen LogP contribution in [0.1, 0.15) is 44.7 Å². The number of sulfonamides is 1. The van der Waals surface area contributed by atoms with Gasteiger partial charge in [0.15, 0.2) is 0 Å². The zero-order chi connectivity index (χ0) is 20.2. The molecule has 152 valence electrons. The summed E-state index contributed by atoms with van der Waals surface area (Å²) in [4.78, 5) is 14.1. The highest BCUT2D eigenvalue weighted by Gasteiger charge is 2.26. The smallest absolute Gasteiger partial charge is 0.317 e. The van der Waals surface area contributed by atoms with E-state index in [-0.39, 0.29) is 27.9 Å². The number of piperidine rings is 1. The van der Waals surface area contributed by atoms with Crippen molar-refractivity contribution in [3.05, 3.63) is 33.6 Å². The summed E-state index contributed by atoms with van der Waals surface area (Å²) in [5, 5.41) is 2.99. The lowest BCUT2D eigenvalue weighted by Gasteiger charge is -2.33. The number of benzene rings is 1. The third-order valence-corrected chi connectivity index (χ3v) is 6.70. The van der Waals surface area contributed by atoms with E-state index >= 15 is 0 Å². The lowest BCUT2D eigenvalue weighted by Crippen LogP contribution is -2.50. The van der Waals surface area contributed by atoms with E-state index in [4.69, 9.17) is 23.2 Å². The Morgan fingerprint density at radius 2 is 1.93 bits per heavy atom. The van der Waals surface area contributed by atoms with Crippen LogP contribution >= 0.6 is 23.2 Å². The van der Waals surface area contributed by atoms with Crippen LogP contribution in [0, 0.1) is 5.82 Å². The summed E-state index contributed by atoms with van der Waals surface area (Å²) in [6.07, 6.45) is 1.64. The fraction of sp³-hybridized carbons (Fsp3) is 0.588. The number of hydrogen-bond acceptors (Lipinski definition) is 3. The molecule has 0 aliphatic carbocycles. The second-order valence-corrected chi connectivity index (χ2v) is 9.34. The molecule has 0 spiro atoms. The molecule has 0 saturated carbocycles. The highest BCUT2D eigenvalue weighted by molar-refractivity contribution is 7.89. The van der Waals surface area contributed by atoms with Gasteiger partial charge in [-0.2, -0.15) is 0 Å². The van der Waals surface area contributed by atoms with Gasteiger partial charge in [0, 0.05) is 24.2 Å². The van der Waals surface area contributed by atoms with Crippen molar-refractivity contribution in [2.24, 2.45) is 0 Å². The van der Waals surface area contributed by atoms with Gasteiger partial charge in [-0.25, -0.2) is 22.3 Å². The van der Waals surface area contributed by atoms with E-state index < -0.39 is 21.9 Å². The van der Waals surface area contributed by atoms with Gasteiger partial charge < -0.3 is 10.2 Å². The highest BCUT2D eigenvalue weighted by atomic mass is 35.5. The van der Waals surface area contributed by atoms with Crippen molar-refractivity contribution in [2.75, 3.05) is 18.8 Å². The maximum atomic E-state index is 13.7. The summed E-state index contributed by atoms with van der Waals surface area (Å²) >= 11 is 11.8. The van der Waals surface area contributed by atoms with Crippen molar-refractivity contribution in [3.8, 4) is 0 Å². The van der Waals surface area contributed by atoms with E-state index in [0.717, 1.165) is 0 Å². The zero-order valence-electron chi connectivity index (χ0n) is 15.3. The molecular weight excluding hydrogens is 416 g/mol. The molecule has 0 aromatic heterocycles. The third-order valence-electron chi connectivity index (χ3n) is 4.45. The van der Waals surface area contributed by atoms with Crippen LogP contribution in [-0.2, 0) is 10.0 Å². The standard InChI is InChI=1S/C17H24Cl2FN3O3S/c1-3-8-27(25,26)22-12-4-6-23(7-5-12)17(24)21-11(2)13-9-16(20)15(19)10-14(13)18/h9-12,22H,3-8H2,1-2H3,(H,21,24). The molecule has 0 bridgehead atoms. The lowest BCUT2D eigenvalue weighted by atomic mass is 10.1. The monoisotopic (exact) mass is 439 g/mol. The number of rotatable bonds is 6. The van der Waals surface area contributed by atoms with E-state index in [1.54, 1.807) is 11.8 Å². The first kappa shape index (κ1) is 22.2. The predicted molar refractivity (Wildman–Crippen MR) is 105 cm³/mol. The minimum absolute atomic E-state index is 0.0742. The summed E-state index contributed by atoms with van der Waals surface area (Å²) in [7, 11) is -3.27. The Morgan fingerprint density at radius 1 is 1.30 bits per heavy atom. The van der Waals surface area contributed by atoms with Crippen LogP contribution < -0.4 is 10.0 Å². The average molecular weight is 440 g/mol. The largest absolute Gasteiger partial charge is 0.331 e. The number of urea groups is 1. The molecule has 1 aliphatic heterocycles. The van der Waals surface area contributed by atoms with Crippen molar-refractivity contribution in [1.29, 1.82) is 0 Å². The first-order valence-electron chi connectivity index (χ1n) is 8.82. The molecule has 1 fully saturated rings. The zero-order valence-corrected chi connectivity index (χ0v) is 17.6. The summed E-state index contributed by atoms with van der Waals surface area (Å²) in [6.45, 7) is 4.38. The molecule has 1 atom stereocenters. The van der Waals surface area contributed by atoms with Crippen LogP contribution in [-0.4, -0.2) is 44.2 Å². The Bertz CT molecular complexity index is 784. The molecule has 2 amide bonds. The fourth-order valence-electron chi connectivity index (χ4n) is 3.01. The molecule has 1 aromatic carbocycles. The SMILES string of the molecule is CCCS(=O)(=O)NC1CCN(C(=O)NC(C)c2cc(F)c(Cl)cc2Cl)CC1. The Balaban J connectivity index is 1.90. The van der Waals surface area contributed by atoms with Gasteiger partial charge in [0.2, 0.25) is 10.0 Å². The minimum Gasteiger partial charge on any atom is -0.331 e. The average Bonchev–Trinajstić information content (AvgIpc) is 2.58. The summed E-state index contributed by atoms with van der Waals surface area (Å²) in [6, 6.07) is 1.55. The molecule has 6 nitrogen and oxygen atoms in total. The van der Waals surface area contributed by atoms with Crippen LogP contribution in [0.5, 0.6) is 0 Å². The summed E-state index contributed by atoms with van der Waals surface area (Å²) < 4.78 is 40.0. The van der Waals surface area contributed by atoms with Gasteiger partial charge in [0.1, 0.15) is 5.82 Å². The van der Waals surface area contributed by atoms with E-state index in [9.17, 15) is 17.6 Å². The number of amides is 2.